The van der Waals surface area contributed by atoms with Crippen molar-refractivity contribution in [2.45, 2.75) is 38.3 Å². The molecular weight excluding hydrogens is 454 g/mol. The molecular formula is C20H27N13O2. The van der Waals surface area contributed by atoms with E-state index in [1.807, 2.05) is 31.2 Å². The van der Waals surface area contributed by atoms with Crippen LogP contribution in [0.4, 0.5) is 11.6 Å². The number of nitrogens with one attached hydrogen (secondary N) is 3. The number of nitrogens with zero attached hydrogens (tertiary/aromatic N) is 9. The maximum Gasteiger partial charge on any atom is 0.260 e. The lowest BCUT2D eigenvalue weighted by Gasteiger charge is -2.33. The SMILES string of the molecule is C/C(=N\NC(=O)C1NNN(c2nonc2N)C1CN1CCCCC1)c1ccc(-n2cnnn2)cc1. The van der Waals surface area contributed by atoms with Gasteiger partial charge in [-0.3, -0.25) is 9.80 Å². The Labute approximate surface area is 200 Å². The quantitative estimate of drug-likeness (QED) is 0.244. The molecule has 0 radical (unpaired) electrons. The van der Waals surface area contributed by atoms with E-state index in [1.165, 1.54) is 12.7 Å². The molecule has 0 spiro atoms. The Kier molecular flexibility index (Phi) is 6.60. The number of hydrazine groups is 2. The van der Waals surface area contributed by atoms with Crippen molar-refractivity contribution in [1.29, 1.82) is 0 Å². The van der Waals surface area contributed by atoms with Crippen LogP contribution in [0.5, 0.6) is 0 Å². The van der Waals surface area contributed by atoms with Crippen LogP contribution < -0.4 is 27.1 Å². The van der Waals surface area contributed by atoms with Gasteiger partial charge in [0.15, 0.2) is 0 Å². The number of aromatic nitrogens is 6. The Morgan fingerprint density at radius 2 is 2.03 bits per heavy atom. The van der Waals surface area contributed by atoms with Crippen molar-refractivity contribution in [2.24, 2.45) is 5.10 Å². The number of likely N-dealkylation sites (tertiary alicyclic amines) is 1. The van der Waals surface area contributed by atoms with Gasteiger partial charge in [-0.1, -0.05) is 18.6 Å². The molecule has 3 aromatic rings. The lowest BCUT2D eigenvalue weighted by molar-refractivity contribution is -0.123. The molecule has 35 heavy (non-hydrogen) atoms. The van der Waals surface area contributed by atoms with Crippen LogP contribution in [0.3, 0.4) is 0 Å². The number of hydrogen-bond acceptors (Lipinski definition) is 13. The predicted octanol–water partition coefficient (Wildman–Crippen LogP) is -0.780. The Bertz CT molecular complexity index is 1150. The third-order valence-corrected chi connectivity index (χ3v) is 6.19. The first-order chi connectivity index (χ1) is 17.1. The highest BCUT2D eigenvalue weighted by Gasteiger charge is 2.42. The molecule has 0 bridgehead atoms. The van der Waals surface area contributed by atoms with Gasteiger partial charge in [-0.05, 0) is 71.3 Å². The van der Waals surface area contributed by atoms with E-state index in [1.54, 1.807) is 9.69 Å². The fourth-order valence-electron chi connectivity index (χ4n) is 4.28. The molecule has 5 rings (SSSR count). The number of carbonyl (C=O) groups excluding carboxylic acids is 1. The summed E-state index contributed by atoms with van der Waals surface area (Å²) in [5.74, 6) is 0.182. The van der Waals surface area contributed by atoms with E-state index in [-0.39, 0.29) is 17.8 Å². The number of benzene rings is 1. The highest BCUT2D eigenvalue weighted by atomic mass is 16.6. The minimum atomic E-state index is -0.619. The highest BCUT2D eigenvalue weighted by Crippen LogP contribution is 2.24. The first kappa shape index (κ1) is 22.8. The van der Waals surface area contributed by atoms with Crippen LogP contribution in [0.1, 0.15) is 31.7 Å². The molecule has 1 amide bonds. The van der Waals surface area contributed by atoms with Gasteiger partial charge in [0.25, 0.3) is 5.91 Å². The van der Waals surface area contributed by atoms with Gasteiger partial charge in [0, 0.05) is 6.54 Å². The molecule has 2 aliphatic heterocycles. The second-order valence-corrected chi connectivity index (χ2v) is 8.48. The molecule has 184 valence electrons. The van der Waals surface area contributed by atoms with Crippen molar-refractivity contribution in [2.75, 3.05) is 30.4 Å². The van der Waals surface area contributed by atoms with Gasteiger partial charge >= 0.3 is 0 Å². The number of anilines is 2. The van der Waals surface area contributed by atoms with E-state index < -0.39 is 6.04 Å². The molecule has 2 aromatic heterocycles. The molecule has 1 aromatic carbocycles. The molecule has 15 heteroatoms. The second kappa shape index (κ2) is 10.1. The fraction of sp³-hybridized carbons (Fsp3) is 0.450. The van der Waals surface area contributed by atoms with Crippen molar-refractivity contribution in [1.82, 2.24) is 51.8 Å². The lowest BCUT2D eigenvalue weighted by atomic mass is 10.1. The third kappa shape index (κ3) is 4.96. The summed E-state index contributed by atoms with van der Waals surface area (Å²) in [4.78, 5) is 15.5. The van der Waals surface area contributed by atoms with Crippen LogP contribution in [0.25, 0.3) is 5.69 Å². The van der Waals surface area contributed by atoms with Gasteiger partial charge in [0.05, 0.1) is 17.4 Å². The number of hydrogen-bond donors (Lipinski definition) is 4. The highest BCUT2D eigenvalue weighted by molar-refractivity contribution is 5.99. The topological polar surface area (TPSA) is 181 Å². The molecule has 2 unspecified atom stereocenters. The number of piperidine rings is 1. The van der Waals surface area contributed by atoms with E-state index in [0.29, 0.717) is 18.1 Å². The Hall–Kier alpha value is -3.95. The summed E-state index contributed by atoms with van der Waals surface area (Å²) in [6.45, 7) is 4.41. The van der Waals surface area contributed by atoms with Gasteiger partial charge in [0.1, 0.15) is 12.4 Å². The zero-order valence-corrected chi connectivity index (χ0v) is 19.2. The molecule has 5 N–H and O–H groups in total. The average Bonchev–Trinajstić information content (AvgIpc) is 3.65. The van der Waals surface area contributed by atoms with Crippen molar-refractivity contribution >= 4 is 23.3 Å². The Morgan fingerprint density at radius 3 is 2.71 bits per heavy atom. The van der Waals surface area contributed by atoms with Gasteiger partial charge in [-0.15, -0.1) is 5.10 Å². The van der Waals surface area contributed by atoms with Crippen LogP contribution in [0, 0.1) is 0 Å². The number of nitrogens with two attached hydrogens (primary N) is 1. The zero-order chi connectivity index (χ0) is 24.2. The summed E-state index contributed by atoms with van der Waals surface area (Å²) in [5.41, 5.74) is 17.0. The van der Waals surface area contributed by atoms with Crippen molar-refractivity contribution in [3.05, 3.63) is 36.2 Å². The van der Waals surface area contributed by atoms with E-state index in [4.69, 9.17) is 10.4 Å². The molecule has 0 aliphatic carbocycles. The Balaban J connectivity index is 1.28. The molecule has 2 saturated heterocycles. The van der Waals surface area contributed by atoms with E-state index >= 15 is 0 Å². The normalized spacial score (nSPS) is 21.4. The van der Waals surface area contributed by atoms with Crippen LogP contribution in [0.15, 0.2) is 40.3 Å². The van der Waals surface area contributed by atoms with Gasteiger partial charge in [-0.25, -0.2) is 20.2 Å². The summed E-state index contributed by atoms with van der Waals surface area (Å²) in [6.07, 6.45) is 5.00. The summed E-state index contributed by atoms with van der Waals surface area (Å²) in [7, 11) is 0. The van der Waals surface area contributed by atoms with E-state index in [2.05, 4.69) is 52.2 Å². The summed E-state index contributed by atoms with van der Waals surface area (Å²) in [6, 6.07) is 6.59. The summed E-state index contributed by atoms with van der Waals surface area (Å²) < 4.78 is 6.33. The standard InChI is InChI=1S/C20H27N13O2/c1-13(14-5-7-15(8-6-14)32-12-22-28-30-32)23-25-20(34)17-16(11-31-9-3-2-4-10-31)33(29-24-17)19-18(21)26-35-27-19/h5-8,12,16-17,24,29H,2-4,9-11H2,1H3,(H2,21,26)(H,25,34)/b23-13+. The first-order valence-corrected chi connectivity index (χ1v) is 11.4. The minimum absolute atomic E-state index is 0.142. The fourth-order valence-corrected chi connectivity index (χ4v) is 4.28. The van der Waals surface area contributed by atoms with E-state index in [0.717, 1.165) is 37.2 Å². The Morgan fingerprint density at radius 1 is 1.23 bits per heavy atom. The number of carbonyl (C=O) groups is 1. The maximum atomic E-state index is 13.2. The minimum Gasteiger partial charge on any atom is -0.378 e. The van der Waals surface area contributed by atoms with Crippen molar-refractivity contribution < 1.29 is 9.42 Å². The smallest absolute Gasteiger partial charge is 0.260 e. The number of rotatable bonds is 7. The first-order valence-electron chi connectivity index (χ1n) is 11.4. The average molecular weight is 482 g/mol. The van der Waals surface area contributed by atoms with E-state index in [9.17, 15) is 4.79 Å². The third-order valence-electron chi connectivity index (χ3n) is 6.19. The molecule has 0 saturated carbocycles. The largest absolute Gasteiger partial charge is 0.378 e. The van der Waals surface area contributed by atoms with Gasteiger partial charge in [0.2, 0.25) is 11.6 Å². The van der Waals surface area contributed by atoms with Gasteiger partial charge in [-0.2, -0.15) is 10.6 Å². The summed E-state index contributed by atoms with van der Waals surface area (Å²) in [5, 5.41) is 24.7. The van der Waals surface area contributed by atoms with Gasteiger partial charge < -0.3 is 10.6 Å². The predicted molar refractivity (Wildman–Crippen MR) is 125 cm³/mol. The lowest BCUT2D eigenvalue weighted by Crippen LogP contribution is -2.52. The monoisotopic (exact) mass is 481 g/mol. The van der Waals surface area contributed by atoms with Crippen molar-refractivity contribution in [3.63, 3.8) is 0 Å². The molecule has 15 nitrogen and oxygen atoms in total. The van der Waals surface area contributed by atoms with Crippen LogP contribution >= 0.6 is 0 Å². The second-order valence-electron chi connectivity index (χ2n) is 8.48. The number of tetrazole rings is 1. The molecule has 2 atom stereocenters. The maximum absolute atomic E-state index is 13.2. The number of amides is 1. The molecule has 4 heterocycles. The molecule has 2 fully saturated rings. The van der Waals surface area contributed by atoms with Crippen molar-refractivity contribution in [3.8, 4) is 5.69 Å². The van der Waals surface area contributed by atoms with Crippen LogP contribution in [-0.2, 0) is 4.79 Å². The number of hydrazone groups is 1. The molecule has 2 aliphatic rings. The van der Waals surface area contributed by atoms with Crippen LogP contribution in [0.2, 0.25) is 0 Å². The number of nitrogen functional groups attached to an aromatic ring is 1. The zero-order valence-electron chi connectivity index (χ0n) is 19.2. The summed E-state index contributed by atoms with van der Waals surface area (Å²) >= 11 is 0. The van der Waals surface area contributed by atoms with Crippen LogP contribution in [-0.4, -0.2) is 78.8 Å².